The van der Waals surface area contributed by atoms with Gasteiger partial charge in [0, 0.05) is 12.6 Å². The van der Waals surface area contributed by atoms with Crippen LogP contribution in [0.2, 0.25) is 10.0 Å². The molecule has 1 aliphatic carbocycles. The highest BCUT2D eigenvalue weighted by molar-refractivity contribution is 6.37. The van der Waals surface area contributed by atoms with E-state index in [1.165, 1.54) is 38.5 Å². The standard InChI is InChI=1S/C15H23Cl2N3/c1-2-9-18-14-12(16)10-13(17)15(20-14)19-11-7-5-3-4-6-8-11/h10-11H,2-9H2,1H3,(H2,18,19,20). The second kappa shape index (κ2) is 7.94. The Hall–Kier alpha value is -0.670. The minimum absolute atomic E-state index is 0.475. The van der Waals surface area contributed by atoms with Crippen LogP contribution in [-0.4, -0.2) is 17.6 Å². The number of hydrogen-bond acceptors (Lipinski definition) is 3. The molecule has 1 saturated carbocycles. The van der Waals surface area contributed by atoms with E-state index in [1.54, 1.807) is 6.07 Å². The van der Waals surface area contributed by atoms with Crippen LogP contribution in [0.1, 0.15) is 51.9 Å². The van der Waals surface area contributed by atoms with E-state index in [2.05, 4.69) is 22.5 Å². The maximum absolute atomic E-state index is 6.26. The van der Waals surface area contributed by atoms with E-state index in [9.17, 15) is 0 Å². The molecule has 5 heteroatoms. The van der Waals surface area contributed by atoms with E-state index < -0.39 is 0 Å². The average molecular weight is 316 g/mol. The highest BCUT2D eigenvalue weighted by atomic mass is 35.5. The van der Waals surface area contributed by atoms with Gasteiger partial charge in [0.2, 0.25) is 0 Å². The molecule has 1 aliphatic rings. The van der Waals surface area contributed by atoms with Gasteiger partial charge in [0.25, 0.3) is 0 Å². The Morgan fingerprint density at radius 2 is 1.75 bits per heavy atom. The van der Waals surface area contributed by atoms with E-state index >= 15 is 0 Å². The third-order valence-corrected chi connectivity index (χ3v) is 4.24. The largest absolute Gasteiger partial charge is 0.369 e. The fourth-order valence-electron chi connectivity index (χ4n) is 2.55. The first kappa shape index (κ1) is 15.7. The molecule has 1 fully saturated rings. The lowest BCUT2D eigenvalue weighted by molar-refractivity contribution is 0.618. The minimum atomic E-state index is 0.475. The summed E-state index contributed by atoms with van der Waals surface area (Å²) in [7, 11) is 0. The van der Waals surface area contributed by atoms with Gasteiger partial charge in [0.15, 0.2) is 0 Å². The van der Waals surface area contributed by atoms with Gasteiger partial charge in [-0.2, -0.15) is 0 Å². The van der Waals surface area contributed by atoms with Crippen molar-refractivity contribution in [3.63, 3.8) is 0 Å². The Balaban J connectivity index is 2.09. The fourth-order valence-corrected chi connectivity index (χ4v) is 3.03. The molecular weight excluding hydrogens is 293 g/mol. The maximum atomic E-state index is 6.26. The molecule has 0 radical (unpaired) electrons. The second-order valence-electron chi connectivity index (χ2n) is 5.41. The van der Waals surface area contributed by atoms with Crippen molar-refractivity contribution >= 4 is 34.8 Å². The summed E-state index contributed by atoms with van der Waals surface area (Å²) >= 11 is 12.4. The van der Waals surface area contributed by atoms with Gasteiger partial charge in [0.1, 0.15) is 11.6 Å². The number of nitrogens with one attached hydrogen (secondary N) is 2. The van der Waals surface area contributed by atoms with Gasteiger partial charge in [-0.05, 0) is 25.3 Å². The smallest absolute Gasteiger partial charge is 0.147 e. The van der Waals surface area contributed by atoms with Crippen molar-refractivity contribution in [2.75, 3.05) is 17.2 Å². The van der Waals surface area contributed by atoms with Crippen LogP contribution >= 0.6 is 23.2 Å². The average Bonchev–Trinajstić information content (AvgIpc) is 2.69. The summed E-state index contributed by atoms with van der Waals surface area (Å²) in [5.74, 6) is 1.47. The van der Waals surface area contributed by atoms with Crippen molar-refractivity contribution < 1.29 is 0 Å². The number of anilines is 2. The van der Waals surface area contributed by atoms with Crippen molar-refractivity contribution in [2.24, 2.45) is 0 Å². The van der Waals surface area contributed by atoms with Gasteiger partial charge in [-0.15, -0.1) is 0 Å². The molecule has 0 aromatic carbocycles. The number of hydrogen-bond donors (Lipinski definition) is 2. The van der Waals surface area contributed by atoms with Crippen LogP contribution in [0.15, 0.2) is 6.07 Å². The normalized spacial score (nSPS) is 16.8. The number of rotatable bonds is 5. The predicted molar refractivity (Wildman–Crippen MR) is 88.2 cm³/mol. The molecule has 1 aromatic rings. The predicted octanol–water partition coefficient (Wildman–Crippen LogP) is 5.35. The van der Waals surface area contributed by atoms with E-state index in [0.717, 1.165) is 18.8 Å². The van der Waals surface area contributed by atoms with E-state index in [1.807, 2.05) is 0 Å². The number of pyridine rings is 1. The number of aromatic nitrogens is 1. The molecule has 0 bridgehead atoms. The summed E-state index contributed by atoms with van der Waals surface area (Å²) in [6.07, 6.45) is 8.66. The van der Waals surface area contributed by atoms with Gasteiger partial charge in [-0.3, -0.25) is 0 Å². The number of halogens is 2. The van der Waals surface area contributed by atoms with E-state index in [4.69, 9.17) is 23.2 Å². The van der Waals surface area contributed by atoms with Gasteiger partial charge in [0.05, 0.1) is 10.0 Å². The first-order valence-electron chi connectivity index (χ1n) is 7.57. The molecule has 2 rings (SSSR count). The maximum Gasteiger partial charge on any atom is 0.147 e. The van der Waals surface area contributed by atoms with Crippen LogP contribution in [0, 0.1) is 0 Å². The first-order chi connectivity index (χ1) is 9.70. The summed E-state index contributed by atoms with van der Waals surface area (Å²) in [5.41, 5.74) is 0. The van der Waals surface area contributed by atoms with Crippen LogP contribution in [-0.2, 0) is 0 Å². The lowest BCUT2D eigenvalue weighted by atomic mass is 10.1. The number of nitrogens with zero attached hydrogens (tertiary/aromatic N) is 1. The van der Waals surface area contributed by atoms with Crippen molar-refractivity contribution in [1.82, 2.24) is 4.98 Å². The molecule has 0 aliphatic heterocycles. The Bertz CT molecular complexity index is 429. The minimum Gasteiger partial charge on any atom is -0.369 e. The summed E-state index contributed by atoms with van der Waals surface area (Å²) < 4.78 is 0. The van der Waals surface area contributed by atoms with E-state index in [0.29, 0.717) is 21.9 Å². The second-order valence-corrected chi connectivity index (χ2v) is 6.22. The topological polar surface area (TPSA) is 37.0 Å². The highest BCUT2D eigenvalue weighted by Gasteiger charge is 2.15. The summed E-state index contributed by atoms with van der Waals surface area (Å²) in [4.78, 5) is 4.55. The quantitative estimate of drug-likeness (QED) is 0.719. The third kappa shape index (κ3) is 4.42. The Kier molecular flexibility index (Phi) is 6.24. The van der Waals surface area contributed by atoms with Crippen LogP contribution in [0.4, 0.5) is 11.6 Å². The third-order valence-electron chi connectivity index (χ3n) is 3.67. The van der Waals surface area contributed by atoms with Crippen LogP contribution < -0.4 is 10.6 Å². The molecule has 2 N–H and O–H groups in total. The molecular formula is C15H23Cl2N3. The molecule has 0 saturated heterocycles. The Morgan fingerprint density at radius 3 is 2.40 bits per heavy atom. The van der Waals surface area contributed by atoms with Crippen molar-refractivity contribution in [3.05, 3.63) is 16.1 Å². The summed E-state index contributed by atoms with van der Waals surface area (Å²) in [5, 5.41) is 7.91. The lowest BCUT2D eigenvalue weighted by Gasteiger charge is -2.19. The zero-order valence-electron chi connectivity index (χ0n) is 12.0. The molecule has 0 spiro atoms. The molecule has 0 unspecified atom stereocenters. The fraction of sp³-hybridized carbons (Fsp3) is 0.667. The molecule has 3 nitrogen and oxygen atoms in total. The molecule has 0 atom stereocenters. The Morgan fingerprint density at radius 1 is 1.10 bits per heavy atom. The molecule has 0 amide bonds. The van der Waals surface area contributed by atoms with Gasteiger partial charge in [-0.25, -0.2) is 4.98 Å². The highest BCUT2D eigenvalue weighted by Crippen LogP contribution is 2.31. The van der Waals surface area contributed by atoms with Crippen molar-refractivity contribution in [3.8, 4) is 0 Å². The van der Waals surface area contributed by atoms with Gasteiger partial charge in [-0.1, -0.05) is 55.8 Å². The zero-order valence-corrected chi connectivity index (χ0v) is 13.5. The zero-order chi connectivity index (χ0) is 14.4. The SMILES string of the molecule is CCCNc1nc(NC2CCCCCC2)c(Cl)cc1Cl. The van der Waals surface area contributed by atoms with Crippen LogP contribution in [0.25, 0.3) is 0 Å². The van der Waals surface area contributed by atoms with Gasteiger partial charge >= 0.3 is 0 Å². The van der Waals surface area contributed by atoms with Crippen molar-refractivity contribution in [1.29, 1.82) is 0 Å². The van der Waals surface area contributed by atoms with Crippen molar-refractivity contribution in [2.45, 2.75) is 57.9 Å². The molecule has 20 heavy (non-hydrogen) atoms. The van der Waals surface area contributed by atoms with Crippen LogP contribution in [0.5, 0.6) is 0 Å². The lowest BCUT2D eigenvalue weighted by Crippen LogP contribution is -2.19. The Labute approximate surface area is 131 Å². The first-order valence-corrected chi connectivity index (χ1v) is 8.32. The van der Waals surface area contributed by atoms with E-state index in [-0.39, 0.29) is 0 Å². The summed E-state index contributed by atoms with van der Waals surface area (Å²) in [6, 6.07) is 2.25. The molecule has 1 heterocycles. The van der Waals surface area contributed by atoms with Gasteiger partial charge < -0.3 is 10.6 Å². The van der Waals surface area contributed by atoms with Crippen LogP contribution in [0.3, 0.4) is 0 Å². The molecule has 112 valence electrons. The monoisotopic (exact) mass is 315 g/mol. The molecule has 1 aromatic heterocycles. The summed E-state index contributed by atoms with van der Waals surface area (Å²) in [6.45, 7) is 2.97.